The van der Waals surface area contributed by atoms with Crippen LogP contribution in [-0.2, 0) is 17.8 Å². The molecule has 0 saturated carbocycles. The Hall–Kier alpha value is -3.76. The molecule has 7 heteroatoms. The number of methoxy groups -OCH3 is 1. The SMILES string of the molecule is COc1ccc2c(c1)C1=NN=C(COCc3ccccc3)C1Cc1c(C#N)ncn1-2. The van der Waals surface area contributed by atoms with Gasteiger partial charge in [-0.05, 0) is 23.8 Å². The van der Waals surface area contributed by atoms with Crippen molar-refractivity contribution < 1.29 is 9.47 Å². The Morgan fingerprint density at radius 3 is 2.80 bits per heavy atom. The minimum Gasteiger partial charge on any atom is -0.497 e. The number of aromatic nitrogens is 2. The lowest BCUT2D eigenvalue weighted by Gasteiger charge is -2.14. The van der Waals surface area contributed by atoms with Crippen molar-refractivity contribution in [3.05, 3.63) is 77.4 Å². The van der Waals surface area contributed by atoms with Crippen LogP contribution in [0.1, 0.15) is 22.5 Å². The summed E-state index contributed by atoms with van der Waals surface area (Å²) in [6.45, 7) is 0.885. The van der Waals surface area contributed by atoms with Crippen molar-refractivity contribution in [1.82, 2.24) is 9.55 Å². The topological polar surface area (TPSA) is 84.8 Å². The lowest BCUT2D eigenvalue weighted by molar-refractivity contribution is 0.156. The van der Waals surface area contributed by atoms with Gasteiger partial charge in [0.2, 0.25) is 0 Å². The molecule has 1 unspecified atom stereocenters. The lowest BCUT2D eigenvalue weighted by Crippen LogP contribution is -2.26. The van der Waals surface area contributed by atoms with Crippen molar-refractivity contribution in [3.8, 4) is 17.5 Å². The van der Waals surface area contributed by atoms with Gasteiger partial charge in [-0.15, -0.1) is 0 Å². The molecule has 1 aromatic heterocycles. The van der Waals surface area contributed by atoms with Crippen molar-refractivity contribution in [3.63, 3.8) is 0 Å². The van der Waals surface area contributed by atoms with E-state index in [-0.39, 0.29) is 5.92 Å². The molecule has 3 aromatic rings. The van der Waals surface area contributed by atoms with Gasteiger partial charge in [0.1, 0.15) is 18.1 Å². The molecule has 0 radical (unpaired) electrons. The molecule has 3 heterocycles. The number of benzene rings is 2. The molecule has 30 heavy (non-hydrogen) atoms. The monoisotopic (exact) mass is 397 g/mol. The highest BCUT2D eigenvalue weighted by Gasteiger charge is 2.35. The van der Waals surface area contributed by atoms with Crippen LogP contribution < -0.4 is 4.74 Å². The molecule has 0 spiro atoms. The summed E-state index contributed by atoms with van der Waals surface area (Å²) in [6, 6.07) is 18.1. The molecule has 0 saturated heterocycles. The number of rotatable bonds is 5. The summed E-state index contributed by atoms with van der Waals surface area (Å²) in [5, 5.41) is 18.5. The molecule has 0 aliphatic carbocycles. The van der Waals surface area contributed by atoms with E-state index < -0.39 is 0 Å². The van der Waals surface area contributed by atoms with E-state index in [2.05, 4.69) is 21.3 Å². The van der Waals surface area contributed by atoms with Crippen LogP contribution in [0.4, 0.5) is 0 Å². The van der Waals surface area contributed by atoms with E-state index in [4.69, 9.17) is 9.47 Å². The van der Waals surface area contributed by atoms with Gasteiger partial charge in [0.05, 0.1) is 49.0 Å². The first-order valence-corrected chi connectivity index (χ1v) is 9.69. The second-order valence-corrected chi connectivity index (χ2v) is 7.22. The number of ether oxygens (including phenoxy) is 2. The van der Waals surface area contributed by atoms with E-state index in [1.165, 1.54) is 0 Å². The summed E-state index contributed by atoms with van der Waals surface area (Å²) in [6.07, 6.45) is 2.29. The predicted molar refractivity (Wildman–Crippen MR) is 112 cm³/mol. The molecular weight excluding hydrogens is 378 g/mol. The second-order valence-electron chi connectivity index (χ2n) is 7.22. The maximum absolute atomic E-state index is 9.55. The zero-order valence-electron chi connectivity index (χ0n) is 16.4. The number of nitrogens with zero attached hydrogens (tertiary/aromatic N) is 5. The van der Waals surface area contributed by atoms with Gasteiger partial charge in [-0.2, -0.15) is 15.5 Å². The summed E-state index contributed by atoms with van der Waals surface area (Å²) >= 11 is 0. The maximum atomic E-state index is 9.55. The standard InChI is InChI=1S/C23H19N5O2/c1-29-16-7-8-21-18(9-16)23-17(10-22-19(11-24)25-14-28(21)22)20(26-27-23)13-30-12-15-5-3-2-4-6-15/h2-9,14,17H,10,12-13H2,1H3. The summed E-state index contributed by atoms with van der Waals surface area (Å²) in [7, 11) is 1.64. The van der Waals surface area contributed by atoms with Crippen LogP contribution in [0.5, 0.6) is 5.75 Å². The van der Waals surface area contributed by atoms with Crippen LogP contribution in [0.3, 0.4) is 0 Å². The molecule has 148 valence electrons. The Labute approximate surface area is 173 Å². The Kier molecular flexibility index (Phi) is 4.62. The first-order chi connectivity index (χ1) is 14.8. The normalized spacial score (nSPS) is 16.5. The molecular formula is C23H19N5O2. The predicted octanol–water partition coefficient (Wildman–Crippen LogP) is 3.30. The van der Waals surface area contributed by atoms with E-state index in [9.17, 15) is 5.26 Å². The number of nitriles is 1. The Morgan fingerprint density at radius 2 is 2.00 bits per heavy atom. The summed E-state index contributed by atoms with van der Waals surface area (Å²) in [5.74, 6) is 0.671. The molecule has 0 bridgehead atoms. The lowest BCUT2D eigenvalue weighted by atomic mass is 9.89. The van der Waals surface area contributed by atoms with Gasteiger partial charge in [-0.1, -0.05) is 30.3 Å². The van der Waals surface area contributed by atoms with Gasteiger partial charge in [-0.3, -0.25) is 0 Å². The van der Waals surface area contributed by atoms with Gasteiger partial charge in [0.25, 0.3) is 0 Å². The van der Waals surface area contributed by atoms with Gasteiger partial charge < -0.3 is 14.0 Å². The third-order valence-electron chi connectivity index (χ3n) is 5.49. The van der Waals surface area contributed by atoms with E-state index in [1.807, 2.05) is 53.1 Å². The van der Waals surface area contributed by atoms with Crippen molar-refractivity contribution in [2.75, 3.05) is 13.7 Å². The highest BCUT2D eigenvalue weighted by atomic mass is 16.5. The first-order valence-electron chi connectivity index (χ1n) is 9.69. The van der Waals surface area contributed by atoms with Gasteiger partial charge in [0, 0.05) is 12.0 Å². The molecule has 1 atom stereocenters. The molecule has 0 fully saturated rings. The van der Waals surface area contributed by atoms with Crippen LogP contribution in [0, 0.1) is 17.2 Å². The third kappa shape index (κ3) is 3.08. The van der Waals surface area contributed by atoms with Gasteiger partial charge in [0.15, 0.2) is 5.69 Å². The second kappa shape index (κ2) is 7.58. The smallest absolute Gasteiger partial charge is 0.162 e. The Bertz CT molecular complexity index is 1200. The average molecular weight is 397 g/mol. The average Bonchev–Trinajstić information content (AvgIpc) is 3.35. The fourth-order valence-electron chi connectivity index (χ4n) is 3.97. The van der Waals surface area contributed by atoms with Gasteiger partial charge in [-0.25, -0.2) is 4.98 Å². The number of imidazole rings is 1. The highest BCUT2D eigenvalue weighted by Crippen LogP contribution is 2.34. The highest BCUT2D eigenvalue weighted by molar-refractivity contribution is 6.20. The van der Waals surface area contributed by atoms with E-state index in [0.29, 0.717) is 25.3 Å². The molecule has 2 aliphatic heterocycles. The Balaban J connectivity index is 1.47. The largest absolute Gasteiger partial charge is 0.497 e. The zero-order chi connectivity index (χ0) is 20.5. The van der Waals surface area contributed by atoms with E-state index >= 15 is 0 Å². The van der Waals surface area contributed by atoms with E-state index in [0.717, 1.165) is 39.7 Å². The molecule has 0 N–H and O–H groups in total. The van der Waals surface area contributed by atoms with Crippen molar-refractivity contribution in [1.29, 1.82) is 5.26 Å². The maximum Gasteiger partial charge on any atom is 0.162 e. The summed E-state index contributed by atoms with van der Waals surface area (Å²) in [4.78, 5) is 4.30. The number of hydrogen-bond donors (Lipinski definition) is 0. The van der Waals surface area contributed by atoms with Crippen molar-refractivity contribution in [2.45, 2.75) is 13.0 Å². The summed E-state index contributed by atoms with van der Waals surface area (Å²) < 4.78 is 13.3. The van der Waals surface area contributed by atoms with Gasteiger partial charge >= 0.3 is 0 Å². The van der Waals surface area contributed by atoms with Crippen molar-refractivity contribution >= 4 is 11.4 Å². The van der Waals surface area contributed by atoms with Crippen molar-refractivity contribution in [2.24, 2.45) is 16.1 Å². The fourth-order valence-corrected chi connectivity index (χ4v) is 3.97. The molecule has 2 aromatic carbocycles. The van der Waals surface area contributed by atoms with Crippen LogP contribution >= 0.6 is 0 Å². The van der Waals surface area contributed by atoms with Crippen LogP contribution in [-0.4, -0.2) is 34.7 Å². The Morgan fingerprint density at radius 1 is 1.13 bits per heavy atom. The molecule has 7 nitrogen and oxygen atoms in total. The quantitative estimate of drug-likeness (QED) is 0.661. The van der Waals surface area contributed by atoms with Crippen LogP contribution in [0.2, 0.25) is 0 Å². The fraction of sp³-hybridized carbons (Fsp3) is 0.217. The minimum absolute atomic E-state index is 0.0725. The van der Waals surface area contributed by atoms with E-state index in [1.54, 1.807) is 13.4 Å². The summed E-state index contributed by atoms with van der Waals surface area (Å²) in [5.41, 5.74) is 5.97. The number of hydrogen-bond acceptors (Lipinski definition) is 6. The minimum atomic E-state index is -0.0725. The van der Waals surface area contributed by atoms with Crippen LogP contribution in [0.15, 0.2) is 65.1 Å². The number of fused-ring (bicyclic) bond motifs is 5. The first kappa shape index (κ1) is 18.3. The molecule has 2 aliphatic rings. The molecule has 0 amide bonds. The zero-order valence-corrected chi connectivity index (χ0v) is 16.4. The van der Waals surface area contributed by atoms with Crippen LogP contribution in [0.25, 0.3) is 5.69 Å². The third-order valence-corrected chi connectivity index (χ3v) is 5.49. The molecule has 5 rings (SSSR count).